The molecule has 0 saturated heterocycles. The second-order valence-electron chi connectivity index (χ2n) is 6.88. The Morgan fingerprint density at radius 3 is 2.38 bits per heavy atom. The first-order valence-corrected chi connectivity index (χ1v) is 10.3. The fourth-order valence-electron chi connectivity index (χ4n) is 3.16. The predicted molar refractivity (Wildman–Crippen MR) is 120 cm³/mol. The monoisotopic (exact) mass is 399 g/mol. The number of thioether (sulfide) groups is 1. The first-order chi connectivity index (χ1) is 14.1. The highest BCUT2D eigenvalue weighted by Gasteiger charge is 2.19. The molecule has 1 aromatic heterocycles. The van der Waals surface area contributed by atoms with Crippen LogP contribution in [0, 0.1) is 6.92 Å². The molecule has 1 atom stereocenters. The Morgan fingerprint density at radius 1 is 0.897 bits per heavy atom. The zero-order chi connectivity index (χ0) is 20.2. The highest BCUT2D eigenvalue weighted by molar-refractivity contribution is 8.00. The van der Waals surface area contributed by atoms with Gasteiger partial charge >= 0.3 is 0 Å². The summed E-state index contributed by atoms with van der Waals surface area (Å²) in [7, 11) is 0. The largest absolute Gasteiger partial charge is 0.325 e. The molecule has 0 spiro atoms. The maximum Gasteiger partial charge on any atom is 0.237 e. The number of nitrogens with one attached hydrogen (secondary N) is 1. The standard InChI is InChI=1S/C24H21N3OS/c1-16-9-8-12-19(15-16)25-23(28)17(2)29-24-21-14-7-6-13-20(21)22(26-27-24)18-10-4-3-5-11-18/h3-15,17H,1-2H3,(H,25,28)/t17-/m0/s1. The molecule has 0 radical (unpaired) electrons. The first kappa shape index (κ1) is 19.2. The number of carbonyl (C=O) groups excluding carboxylic acids is 1. The van der Waals surface area contributed by atoms with Crippen LogP contribution in [-0.4, -0.2) is 21.4 Å². The van der Waals surface area contributed by atoms with Crippen LogP contribution < -0.4 is 5.32 Å². The maximum absolute atomic E-state index is 12.7. The number of carbonyl (C=O) groups is 1. The summed E-state index contributed by atoms with van der Waals surface area (Å²) < 4.78 is 0. The molecular weight excluding hydrogens is 378 g/mol. The number of fused-ring (bicyclic) bond motifs is 1. The molecule has 0 aliphatic heterocycles. The maximum atomic E-state index is 12.7. The second kappa shape index (κ2) is 8.45. The van der Waals surface area contributed by atoms with Gasteiger partial charge in [0, 0.05) is 22.0 Å². The molecule has 4 rings (SSSR count). The molecule has 3 aromatic carbocycles. The van der Waals surface area contributed by atoms with E-state index in [2.05, 4.69) is 15.5 Å². The zero-order valence-corrected chi connectivity index (χ0v) is 17.1. The summed E-state index contributed by atoms with van der Waals surface area (Å²) in [4.78, 5) is 12.7. The van der Waals surface area contributed by atoms with E-state index in [-0.39, 0.29) is 11.2 Å². The molecule has 29 heavy (non-hydrogen) atoms. The average Bonchev–Trinajstić information content (AvgIpc) is 2.74. The number of hydrogen-bond acceptors (Lipinski definition) is 4. The third-order valence-corrected chi connectivity index (χ3v) is 5.74. The smallest absolute Gasteiger partial charge is 0.237 e. The minimum atomic E-state index is -0.309. The number of aryl methyl sites for hydroxylation is 1. The highest BCUT2D eigenvalue weighted by Crippen LogP contribution is 2.33. The lowest BCUT2D eigenvalue weighted by Crippen LogP contribution is -2.22. The van der Waals surface area contributed by atoms with Gasteiger partial charge in [0.25, 0.3) is 0 Å². The summed E-state index contributed by atoms with van der Waals surface area (Å²) in [6.07, 6.45) is 0. The Balaban J connectivity index is 1.60. The van der Waals surface area contributed by atoms with Gasteiger partial charge in [0.05, 0.1) is 5.25 Å². The third kappa shape index (κ3) is 4.30. The van der Waals surface area contributed by atoms with Crippen LogP contribution in [0.5, 0.6) is 0 Å². The van der Waals surface area contributed by atoms with Gasteiger partial charge in [-0.3, -0.25) is 4.79 Å². The van der Waals surface area contributed by atoms with Crippen LogP contribution >= 0.6 is 11.8 Å². The molecule has 4 aromatic rings. The molecule has 0 aliphatic rings. The normalized spacial score (nSPS) is 11.9. The van der Waals surface area contributed by atoms with Gasteiger partial charge in [-0.2, -0.15) is 0 Å². The van der Waals surface area contributed by atoms with E-state index in [1.807, 2.05) is 92.7 Å². The van der Waals surface area contributed by atoms with Crippen molar-refractivity contribution >= 4 is 34.1 Å². The minimum absolute atomic E-state index is 0.0568. The van der Waals surface area contributed by atoms with Crippen LogP contribution in [0.15, 0.2) is 83.9 Å². The summed E-state index contributed by atoms with van der Waals surface area (Å²) in [5.41, 5.74) is 3.79. The predicted octanol–water partition coefficient (Wildman–Crippen LogP) is 5.72. The highest BCUT2D eigenvalue weighted by atomic mass is 32.2. The molecular formula is C24H21N3OS. The van der Waals surface area contributed by atoms with Gasteiger partial charge in [-0.25, -0.2) is 0 Å². The molecule has 144 valence electrons. The molecule has 5 heteroatoms. The molecule has 1 N–H and O–H groups in total. The van der Waals surface area contributed by atoms with Crippen molar-refractivity contribution in [2.24, 2.45) is 0 Å². The Labute approximate surface area is 174 Å². The minimum Gasteiger partial charge on any atom is -0.325 e. The van der Waals surface area contributed by atoms with Gasteiger partial charge in [0.2, 0.25) is 5.91 Å². The van der Waals surface area contributed by atoms with E-state index in [4.69, 9.17) is 0 Å². The number of nitrogens with zero attached hydrogens (tertiary/aromatic N) is 2. The topological polar surface area (TPSA) is 54.9 Å². The van der Waals surface area contributed by atoms with Crippen molar-refractivity contribution in [3.63, 3.8) is 0 Å². The molecule has 4 nitrogen and oxygen atoms in total. The fourth-order valence-corrected chi connectivity index (χ4v) is 4.06. The van der Waals surface area contributed by atoms with Crippen molar-refractivity contribution in [2.75, 3.05) is 5.32 Å². The summed E-state index contributed by atoms with van der Waals surface area (Å²) in [6, 6.07) is 25.9. The van der Waals surface area contributed by atoms with Gasteiger partial charge in [0.15, 0.2) is 0 Å². The van der Waals surface area contributed by atoms with Gasteiger partial charge in [-0.1, -0.05) is 78.5 Å². The lowest BCUT2D eigenvalue weighted by atomic mass is 10.1. The molecule has 1 amide bonds. The number of aromatic nitrogens is 2. The van der Waals surface area contributed by atoms with Crippen molar-refractivity contribution in [3.05, 3.63) is 84.4 Å². The van der Waals surface area contributed by atoms with Crippen molar-refractivity contribution in [3.8, 4) is 11.3 Å². The lowest BCUT2D eigenvalue weighted by Gasteiger charge is -2.14. The van der Waals surface area contributed by atoms with E-state index >= 15 is 0 Å². The Morgan fingerprint density at radius 2 is 1.62 bits per heavy atom. The molecule has 0 aliphatic carbocycles. The van der Waals surface area contributed by atoms with E-state index in [1.165, 1.54) is 11.8 Å². The number of hydrogen-bond donors (Lipinski definition) is 1. The van der Waals surface area contributed by atoms with Crippen LogP contribution in [0.3, 0.4) is 0 Å². The Kier molecular flexibility index (Phi) is 5.58. The fraction of sp³-hybridized carbons (Fsp3) is 0.125. The first-order valence-electron chi connectivity index (χ1n) is 9.47. The summed E-state index contributed by atoms with van der Waals surface area (Å²) in [5.74, 6) is -0.0568. The Hall–Kier alpha value is -3.18. The van der Waals surface area contributed by atoms with Gasteiger partial charge in [0.1, 0.15) is 10.7 Å². The summed E-state index contributed by atoms with van der Waals surface area (Å²) >= 11 is 1.42. The van der Waals surface area contributed by atoms with Gasteiger partial charge < -0.3 is 5.32 Å². The molecule has 0 bridgehead atoms. The van der Waals surface area contributed by atoms with E-state index in [9.17, 15) is 4.79 Å². The van der Waals surface area contributed by atoms with Crippen LogP contribution in [-0.2, 0) is 4.79 Å². The number of amides is 1. The van der Waals surface area contributed by atoms with Crippen LogP contribution in [0.4, 0.5) is 5.69 Å². The van der Waals surface area contributed by atoms with Crippen molar-refractivity contribution in [2.45, 2.75) is 24.1 Å². The van der Waals surface area contributed by atoms with Crippen LogP contribution in [0.1, 0.15) is 12.5 Å². The molecule has 0 fully saturated rings. The van der Waals surface area contributed by atoms with E-state index in [1.54, 1.807) is 0 Å². The van der Waals surface area contributed by atoms with E-state index in [0.29, 0.717) is 0 Å². The van der Waals surface area contributed by atoms with E-state index < -0.39 is 0 Å². The molecule has 0 saturated carbocycles. The number of rotatable bonds is 5. The SMILES string of the molecule is Cc1cccc(NC(=O)[C@H](C)Sc2nnc(-c3ccccc3)c3ccccc23)c1. The van der Waals surface area contributed by atoms with Crippen molar-refractivity contribution in [1.29, 1.82) is 0 Å². The lowest BCUT2D eigenvalue weighted by molar-refractivity contribution is -0.115. The summed E-state index contributed by atoms with van der Waals surface area (Å²) in [6.45, 7) is 3.89. The average molecular weight is 400 g/mol. The second-order valence-corrected chi connectivity index (χ2v) is 8.21. The number of benzene rings is 3. The molecule has 0 unspecified atom stereocenters. The van der Waals surface area contributed by atoms with Gasteiger partial charge in [-0.05, 0) is 31.5 Å². The number of anilines is 1. The quantitative estimate of drug-likeness (QED) is 0.436. The van der Waals surface area contributed by atoms with Gasteiger partial charge in [-0.15, -0.1) is 10.2 Å². The summed E-state index contributed by atoms with van der Waals surface area (Å²) in [5, 5.41) is 14.4. The van der Waals surface area contributed by atoms with Crippen LogP contribution in [0.2, 0.25) is 0 Å². The zero-order valence-electron chi connectivity index (χ0n) is 16.3. The van der Waals surface area contributed by atoms with Crippen molar-refractivity contribution < 1.29 is 4.79 Å². The van der Waals surface area contributed by atoms with Crippen molar-refractivity contribution in [1.82, 2.24) is 10.2 Å². The Bertz CT molecular complexity index is 1160. The van der Waals surface area contributed by atoms with Crippen LogP contribution in [0.25, 0.3) is 22.0 Å². The third-order valence-electron chi connectivity index (χ3n) is 4.64. The van der Waals surface area contributed by atoms with E-state index in [0.717, 1.165) is 38.3 Å². The molecule has 1 heterocycles.